The maximum atomic E-state index is 11.5. The number of hydrogen-bond donors (Lipinski definition) is 0. The molecule has 0 rings (SSSR count). The van der Waals surface area contributed by atoms with Gasteiger partial charge >= 0.3 is 22.8 Å². The van der Waals surface area contributed by atoms with Crippen molar-refractivity contribution in [3.63, 3.8) is 0 Å². The van der Waals surface area contributed by atoms with E-state index in [2.05, 4.69) is 8.37 Å². The molecule has 98 valence electrons. The Hall–Kier alpha value is -0.550. The zero-order valence-corrected chi connectivity index (χ0v) is 8.25. The summed E-state index contributed by atoms with van der Waals surface area (Å²) in [6.07, 6.45) is -11.2. The maximum absolute atomic E-state index is 11.5. The minimum Gasteiger partial charge on any atom is -0.248 e. The van der Waals surface area contributed by atoms with E-state index in [0.717, 1.165) is 0 Å². The van der Waals surface area contributed by atoms with E-state index in [1.165, 1.54) is 0 Å². The zero-order chi connectivity index (χ0) is 13.0. The van der Waals surface area contributed by atoms with Crippen LogP contribution in [0.15, 0.2) is 0 Å². The SMILES string of the molecule is O=S(=O)(OCCC(F)(F)F)OCC(F)(F)F. The molecule has 0 aromatic carbocycles. The monoisotopic (exact) mass is 276 g/mol. The Morgan fingerprint density at radius 3 is 1.75 bits per heavy atom. The molecule has 0 aliphatic carbocycles. The Labute approximate surface area is 86.5 Å². The summed E-state index contributed by atoms with van der Waals surface area (Å²) in [7, 11) is -5.06. The fourth-order valence-electron chi connectivity index (χ4n) is 0.432. The molecule has 0 aromatic heterocycles. The molecule has 0 fully saturated rings. The molecule has 0 aliphatic rings. The lowest BCUT2D eigenvalue weighted by atomic mass is 10.5. The van der Waals surface area contributed by atoms with Gasteiger partial charge in [-0.05, 0) is 0 Å². The van der Waals surface area contributed by atoms with Crippen molar-refractivity contribution >= 4 is 10.4 Å². The van der Waals surface area contributed by atoms with E-state index in [1.807, 2.05) is 0 Å². The fraction of sp³-hybridized carbons (Fsp3) is 1.00. The second-order valence-electron chi connectivity index (χ2n) is 2.47. The average molecular weight is 276 g/mol. The summed E-state index contributed by atoms with van der Waals surface area (Å²) in [6, 6.07) is 0. The number of alkyl halides is 6. The normalized spacial score (nSPS) is 14.1. The van der Waals surface area contributed by atoms with Gasteiger partial charge in [-0.2, -0.15) is 34.8 Å². The molecule has 0 radical (unpaired) electrons. The quantitative estimate of drug-likeness (QED) is 0.718. The highest BCUT2D eigenvalue weighted by Gasteiger charge is 2.32. The first kappa shape index (κ1) is 15.4. The number of halogens is 6. The van der Waals surface area contributed by atoms with Gasteiger partial charge in [-0.3, -0.25) is 0 Å². The van der Waals surface area contributed by atoms with Crippen molar-refractivity contribution in [2.45, 2.75) is 18.8 Å². The molecular formula is C5H6F6O4S. The standard InChI is InChI=1S/C5H6F6O4S/c6-4(7,8)1-2-14-16(12,13)15-3-5(9,10)11/h1-3H2. The van der Waals surface area contributed by atoms with Crippen molar-refractivity contribution in [1.29, 1.82) is 0 Å². The van der Waals surface area contributed by atoms with Crippen LogP contribution in [-0.2, 0) is 18.8 Å². The van der Waals surface area contributed by atoms with Crippen LogP contribution in [0.1, 0.15) is 6.42 Å². The maximum Gasteiger partial charge on any atom is 0.413 e. The van der Waals surface area contributed by atoms with E-state index in [4.69, 9.17) is 0 Å². The van der Waals surface area contributed by atoms with Crippen molar-refractivity contribution in [3.8, 4) is 0 Å². The van der Waals surface area contributed by atoms with Gasteiger partial charge in [0.05, 0.1) is 13.0 Å². The topological polar surface area (TPSA) is 52.6 Å². The second-order valence-corrected chi connectivity index (χ2v) is 3.76. The second kappa shape index (κ2) is 5.19. The highest BCUT2D eigenvalue weighted by Crippen LogP contribution is 2.20. The Kier molecular flexibility index (Phi) is 5.01. The Morgan fingerprint density at radius 1 is 0.875 bits per heavy atom. The molecule has 16 heavy (non-hydrogen) atoms. The van der Waals surface area contributed by atoms with Crippen LogP contribution >= 0.6 is 0 Å². The van der Waals surface area contributed by atoms with Crippen molar-refractivity contribution in [2.24, 2.45) is 0 Å². The minimum absolute atomic E-state index is 1.33. The molecule has 0 unspecified atom stereocenters. The average Bonchev–Trinajstić information content (AvgIpc) is 1.97. The first-order chi connectivity index (χ1) is 6.91. The van der Waals surface area contributed by atoms with Crippen molar-refractivity contribution < 1.29 is 43.1 Å². The van der Waals surface area contributed by atoms with E-state index in [0.29, 0.717) is 0 Å². The third kappa shape index (κ3) is 9.98. The highest BCUT2D eigenvalue weighted by atomic mass is 32.3. The van der Waals surface area contributed by atoms with Crippen molar-refractivity contribution in [2.75, 3.05) is 13.2 Å². The van der Waals surface area contributed by atoms with Crippen molar-refractivity contribution in [1.82, 2.24) is 0 Å². The lowest BCUT2D eigenvalue weighted by Gasteiger charge is -2.09. The molecular weight excluding hydrogens is 270 g/mol. The van der Waals surface area contributed by atoms with Crippen LogP contribution in [0.4, 0.5) is 26.3 Å². The molecule has 0 amide bonds. The van der Waals surface area contributed by atoms with Crippen molar-refractivity contribution in [3.05, 3.63) is 0 Å². The van der Waals surface area contributed by atoms with Crippen LogP contribution in [0.25, 0.3) is 0 Å². The fourth-order valence-corrected chi connectivity index (χ4v) is 1.07. The summed E-state index contributed by atoms with van der Waals surface area (Å²) in [5.41, 5.74) is 0. The third-order valence-corrected chi connectivity index (χ3v) is 1.84. The summed E-state index contributed by atoms with van der Waals surface area (Å²) < 4.78 is 96.6. The lowest BCUT2D eigenvalue weighted by Crippen LogP contribution is -2.23. The van der Waals surface area contributed by atoms with Crippen LogP contribution in [0.3, 0.4) is 0 Å². The van der Waals surface area contributed by atoms with Gasteiger partial charge in [0.15, 0.2) is 6.61 Å². The molecule has 0 saturated heterocycles. The van der Waals surface area contributed by atoms with Gasteiger partial charge in [0.2, 0.25) is 0 Å². The largest absolute Gasteiger partial charge is 0.413 e. The van der Waals surface area contributed by atoms with Crippen LogP contribution in [0, 0.1) is 0 Å². The smallest absolute Gasteiger partial charge is 0.248 e. The van der Waals surface area contributed by atoms with Gasteiger partial charge in [0.25, 0.3) is 0 Å². The van der Waals surface area contributed by atoms with E-state index in [9.17, 15) is 34.8 Å². The molecule has 0 spiro atoms. The summed E-state index contributed by atoms with van der Waals surface area (Å²) in [4.78, 5) is 0. The Morgan fingerprint density at radius 2 is 1.38 bits per heavy atom. The predicted octanol–water partition coefficient (Wildman–Crippen LogP) is 1.78. The van der Waals surface area contributed by atoms with Gasteiger partial charge in [-0.1, -0.05) is 0 Å². The van der Waals surface area contributed by atoms with Gasteiger partial charge in [0.1, 0.15) is 0 Å². The number of hydrogen-bond acceptors (Lipinski definition) is 4. The van der Waals surface area contributed by atoms with Gasteiger partial charge in [0, 0.05) is 0 Å². The van der Waals surface area contributed by atoms with E-state index >= 15 is 0 Å². The van der Waals surface area contributed by atoms with E-state index in [-0.39, 0.29) is 0 Å². The molecule has 0 aromatic rings. The van der Waals surface area contributed by atoms with Gasteiger partial charge in [-0.25, -0.2) is 8.37 Å². The molecule has 0 atom stereocenters. The number of rotatable bonds is 5. The van der Waals surface area contributed by atoms with Gasteiger partial charge in [-0.15, -0.1) is 0 Å². The zero-order valence-electron chi connectivity index (χ0n) is 7.43. The molecule has 0 saturated carbocycles. The Balaban J connectivity index is 3.99. The summed E-state index contributed by atoms with van der Waals surface area (Å²) in [5, 5.41) is 0. The van der Waals surface area contributed by atoms with Crippen LogP contribution in [0.5, 0.6) is 0 Å². The van der Waals surface area contributed by atoms with E-state index < -0.39 is 42.4 Å². The molecule has 0 bridgehead atoms. The first-order valence-corrected chi connectivity index (χ1v) is 4.92. The molecule has 0 aliphatic heterocycles. The summed E-state index contributed by atoms with van der Waals surface area (Å²) >= 11 is 0. The lowest BCUT2D eigenvalue weighted by molar-refractivity contribution is -0.156. The molecule has 4 nitrogen and oxygen atoms in total. The van der Waals surface area contributed by atoms with Gasteiger partial charge < -0.3 is 0 Å². The molecule has 0 N–H and O–H groups in total. The molecule has 11 heteroatoms. The van der Waals surface area contributed by atoms with Crippen LogP contribution in [-0.4, -0.2) is 34.0 Å². The molecule has 0 heterocycles. The van der Waals surface area contributed by atoms with Crippen LogP contribution < -0.4 is 0 Å². The van der Waals surface area contributed by atoms with E-state index in [1.54, 1.807) is 0 Å². The Bertz CT molecular complexity index is 304. The van der Waals surface area contributed by atoms with Crippen LogP contribution in [0.2, 0.25) is 0 Å². The highest BCUT2D eigenvalue weighted by molar-refractivity contribution is 7.81. The summed E-state index contributed by atoms with van der Waals surface area (Å²) in [5.74, 6) is 0. The summed E-state index contributed by atoms with van der Waals surface area (Å²) in [6.45, 7) is -3.48. The third-order valence-electron chi connectivity index (χ3n) is 0.980. The predicted molar refractivity (Wildman–Crippen MR) is 37.6 cm³/mol. The first-order valence-electron chi connectivity index (χ1n) is 3.59. The minimum atomic E-state index is -5.06.